The van der Waals surface area contributed by atoms with Crippen LogP contribution >= 0.6 is 0 Å². The van der Waals surface area contributed by atoms with Gasteiger partial charge in [0.2, 0.25) is 0 Å². The molecule has 3 atom stereocenters. The van der Waals surface area contributed by atoms with Crippen LogP contribution < -0.4 is 0 Å². The molecule has 4 rings (SSSR count). The Morgan fingerprint density at radius 1 is 0.410 bits per heavy atom. The Kier molecular flexibility index (Phi) is 12.0. The van der Waals surface area contributed by atoms with Gasteiger partial charge in [0.25, 0.3) is 0 Å². The minimum Gasteiger partial charge on any atom is -0.391 e. The lowest BCUT2D eigenvalue weighted by molar-refractivity contribution is 0.0903. The molecule has 3 aromatic rings. The molecule has 0 aromatic heterocycles. The minimum atomic E-state index is -0.442. The van der Waals surface area contributed by atoms with Crippen LogP contribution in [0.15, 0.2) is 91.0 Å². The fraction of sp³-hybridized carbons (Fsp3) is 0.455. The van der Waals surface area contributed by atoms with E-state index >= 15 is 0 Å². The SMILES string of the molecule is O[C@@H](Cc1ccccc1)CN1CCN(C[C@@H](O)Cc2ccccc2)CCN(C[C@@H](O)Cc2ccccc2)CC1. The number of rotatable bonds is 12. The van der Waals surface area contributed by atoms with Gasteiger partial charge in [-0.25, -0.2) is 0 Å². The summed E-state index contributed by atoms with van der Waals surface area (Å²) in [6.45, 7) is 6.85. The van der Waals surface area contributed by atoms with Crippen molar-refractivity contribution < 1.29 is 15.3 Å². The van der Waals surface area contributed by atoms with E-state index in [0.29, 0.717) is 38.9 Å². The number of hydrogen-bond acceptors (Lipinski definition) is 6. The number of nitrogens with zero attached hydrogens (tertiary/aromatic N) is 3. The van der Waals surface area contributed by atoms with Gasteiger partial charge in [-0.15, -0.1) is 0 Å². The highest BCUT2D eigenvalue weighted by atomic mass is 16.3. The van der Waals surface area contributed by atoms with Gasteiger partial charge in [0, 0.05) is 58.9 Å². The van der Waals surface area contributed by atoms with Crippen LogP contribution in [0.25, 0.3) is 0 Å². The summed E-state index contributed by atoms with van der Waals surface area (Å²) >= 11 is 0. The highest BCUT2D eigenvalue weighted by Crippen LogP contribution is 2.11. The molecule has 1 aliphatic heterocycles. The number of β-amino-alcohol motifs (C(OH)–C–C–N with tert-alkyl or cyclic N) is 3. The van der Waals surface area contributed by atoms with E-state index in [0.717, 1.165) is 56.0 Å². The van der Waals surface area contributed by atoms with Crippen molar-refractivity contribution in [3.05, 3.63) is 108 Å². The maximum atomic E-state index is 10.9. The second-order valence-electron chi connectivity index (χ2n) is 10.9. The summed E-state index contributed by atoms with van der Waals surface area (Å²) < 4.78 is 0. The zero-order valence-electron chi connectivity index (χ0n) is 23.1. The average Bonchev–Trinajstić information content (AvgIpc) is 3.02. The van der Waals surface area contributed by atoms with Crippen LogP contribution in [0.5, 0.6) is 0 Å². The summed E-state index contributed by atoms with van der Waals surface area (Å²) in [5, 5.41) is 32.7. The van der Waals surface area contributed by atoms with Crippen molar-refractivity contribution in [2.75, 3.05) is 58.9 Å². The zero-order valence-corrected chi connectivity index (χ0v) is 23.1. The number of benzene rings is 3. The van der Waals surface area contributed by atoms with Crippen molar-refractivity contribution in [3.8, 4) is 0 Å². The molecule has 0 unspecified atom stereocenters. The van der Waals surface area contributed by atoms with Crippen molar-refractivity contribution in [1.29, 1.82) is 0 Å². The number of aliphatic hydroxyl groups is 3. The highest BCUT2D eigenvalue weighted by Gasteiger charge is 2.22. The van der Waals surface area contributed by atoms with Crippen molar-refractivity contribution in [1.82, 2.24) is 14.7 Å². The van der Waals surface area contributed by atoms with Gasteiger partial charge in [-0.1, -0.05) is 91.0 Å². The first-order valence-electron chi connectivity index (χ1n) is 14.4. The van der Waals surface area contributed by atoms with Gasteiger partial charge >= 0.3 is 0 Å². The molecule has 0 radical (unpaired) electrons. The molecule has 3 aromatic carbocycles. The molecule has 0 saturated carbocycles. The Labute approximate surface area is 234 Å². The predicted molar refractivity (Wildman–Crippen MR) is 158 cm³/mol. The lowest BCUT2D eigenvalue weighted by Crippen LogP contribution is -2.42. The van der Waals surface area contributed by atoms with Gasteiger partial charge < -0.3 is 15.3 Å². The summed E-state index contributed by atoms with van der Waals surface area (Å²) in [6.07, 6.45) is 0.579. The van der Waals surface area contributed by atoms with E-state index in [2.05, 4.69) is 51.1 Å². The molecule has 1 aliphatic rings. The molecule has 6 heteroatoms. The molecule has 1 fully saturated rings. The second kappa shape index (κ2) is 15.9. The quantitative estimate of drug-likeness (QED) is 0.334. The van der Waals surface area contributed by atoms with Crippen LogP contribution in [0.2, 0.25) is 0 Å². The molecule has 0 amide bonds. The van der Waals surface area contributed by atoms with Crippen LogP contribution in [0.1, 0.15) is 16.7 Å². The Balaban J connectivity index is 1.37. The molecule has 1 heterocycles. The third kappa shape index (κ3) is 10.8. The molecule has 210 valence electrons. The first-order valence-corrected chi connectivity index (χ1v) is 14.4. The van der Waals surface area contributed by atoms with Crippen LogP contribution in [-0.4, -0.2) is 107 Å². The normalized spacial score (nSPS) is 18.5. The smallest absolute Gasteiger partial charge is 0.0707 e. The van der Waals surface area contributed by atoms with E-state index in [1.54, 1.807) is 0 Å². The first kappa shape index (κ1) is 29.4. The first-order chi connectivity index (χ1) is 19.0. The topological polar surface area (TPSA) is 70.4 Å². The van der Waals surface area contributed by atoms with E-state index in [-0.39, 0.29) is 0 Å². The van der Waals surface area contributed by atoms with E-state index < -0.39 is 18.3 Å². The summed E-state index contributed by atoms with van der Waals surface area (Å²) in [5.41, 5.74) is 3.43. The van der Waals surface area contributed by atoms with Gasteiger partial charge in [-0.05, 0) is 36.0 Å². The predicted octanol–water partition coefficient (Wildman–Crippen LogP) is 2.72. The lowest BCUT2D eigenvalue weighted by atomic mass is 10.1. The molecular weight excluding hydrogens is 486 g/mol. The van der Waals surface area contributed by atoms with Gasteiger partial charge in [0.15, 0.2) is 0 Å². The van der Waals surface area contributed by atoms with Crippen LogP contribution in [0.4, 0.5) is 0 Å². The summed E-state index contributed by atoms with van der Waals surface area (Å²) in [6, 6.07) is 30.5. The van der Waals surface area contributed by atoms with Crippen molar-refractivity contribution >= 4 is 0 Å². The second-order valence-corrected chi connectivity index (χ2v) is 10.9. The lowest BCUT2D eigenvalue weighted by Gasteiger charge is -2.28. The molecular formula is C33H45N3O3. The third-order valence-electron chi connectivity index (χ3n) is 7.55. The maximum Gasteiger partial charge on any atom is 0.0707 e. The maximum absolute atomic E-state index is 10.9. The fourth-order valence-corrected chi connectivity index (χ4v) is 5.48. The Morgan fingerprint density at radius 2 is 0.641 bits per heavy atom. The van der Waals surface area contributed by atoms with Crippen LogP contribution in [0.3, 0.4) is 0 Å². The minimum absolute atomic E-state index is 0.442. The van der Waals surface area contributed by atoms with Crippen molar-refractivity contribution in [2.45, 2.75) is 37.6 Å². The van der Waals surface area contributed by atoms with Crippen molar-refractivity contribution in [2.24, 2.45) is 0 Å². The van der Waals surface area contributed by atoms with Gasteiger partial charge in [0.1, 0.15) is 0 Å². The zero-order chi connectivity index (χ0) is 27.3. The molecule has 0 bridgehead atoms. The highest BCUT2D eigenvalue weighted by molar-refractivity contribution is 5.17. The monoisotopic (exact) mass is 531 g/mol. The molecule has 0 spiro atoms. The van der Waals surface area contributed by atoms with Crippen LogP contribution in [-0.2, 0) is 19.3 Å². The summed E-state index contributed by atoms with van der Waals surface area (Å²) in [7, 11) is 0. The van der Waals surface area contributed by atoms with Gasteiger partial charge in [-0.2, -0.15) is 0 Å². The number of aliphatic hydroxyl groups excluding tert-OH is 3. The molecule has 39 heavy (non-hydrogen) atoms. The molecule has 1 saturated heterocycles. The van der Waals surface area contributed by atoms with Gasteiger partial charge in [-0.3, -0.25) is 14.7 Å². The van der Waals surface area contributed by atoms with Gasteiger partial charge in [0.05, 0.1) is 18.3 Å². The third-order valence-corrected chi connectivity index (χ3v) is 7.55. The summed E-state index contributed by atoms with van der Waals surface area (Å²) in [5.74, 6) is 0. The number of hydrogen-bond donors (Lipinski definition) is 3. The molecule has 3 N–H and O–H groups in total. The summed E-state index contributed by atoms with van der Waals surface area (Å²) in [4.78, 5) is 7.02. The van der Waals surface area contributed by atoms with Crippen LogP contribution in [0, 0.1) is 0 Å². The average molecular weight is 532 g/mol. The Bertz CT molecular complexity index is 905. The Hall–Kier alpha value is -2.58. The molecule has 0 aliphatic carbocycles. The van der Waals surface area contributed by atoms with E-state index in [1.165, 1.54) is 0 Å². The van der Waals surface area contributed by atoms with E-state index in [4.69, 9.17) is 0 Å². The van der Waals surface area contributed by atoms with E-state index in [1.807, 2.05) is 54.6 Å². The molecule has 6 nitrogen and oxygen atoms in total. The fourth-order valence-electron chi connectivity index (χ4n) is 5.48. The largest absolute Gasteiger partial charge is 0.391 e. The van der Waals surface area contributed by atoms with Crippen molar-refractivity contribution in [3.63, 3.8) is 0 Å². The standard InChI is InChI=1S/C33H45N3O3/c37-31(22-28-10-4-1-5-11-28)25-34-16-18-35(26-32(38)23-29-12-6-2-7-13-29)20-21-36(19-17-34)27-33(39)24-30-14-8-3-9-15-30/h1-15,31-33,37-39H,16-27H2/t31-,32-,33-/m0/s1. The van der Waals surface area contributed by atoms with E-state index in [9.17, 15) is 15.3 Å². The Morgan fingerprint density at radius 3 is 0.872 bits per heavy atom.